The number of hydrogen-bond acceptors (Lipinski definition) is 4. The molecule has 1 atom stereocenters. The number of aliphatic hydroxyl groups is 1. The average molecular weight is 434 g/mol. The number of esters is 1. The third-order valence-electron chi connectivity index (χ3n) is 6.21. The third kappa shape index (κ3) is 6.23. The fourth-order valence-electron chi connectivity index (χ4n) is 4.55. The molecule has 166 valence electrons. The van der Waals surface area contributed by atoms with Gasteiger partial charge in [-0.2, -0.15) is 0 Å². The van der Waals surface area contributed by atoms with Crippen LogP contribution in [0, 0.1) is 17.8 Å². The van der Waals surface area contributed by atoms with Crippen LogP contribution < -0.4 is 0 Å². The zero-order chi connectivity index (χ0) is 20.7. The normalized spacial score (nSPS) is 20.2. The summed E-state index contributed by atoms with van der Waals surface area (Å²) in [6.45, 7) is 6.49. The number of hydrogen-bond donors (Lipinski definition) is 1. The molecule has 0 radical (unpaired) electrons. The number of carbonyl (C=O) groups is 1. The Labute approximate surface area is 187 Å². The van der Waals surface area contributed by atoms with Gasteiger partial charge in [-0.05, 0) is 58.2 Å². The molecule has 0 spiro atoms. The molecule has 1 saturated heterocycles. The third-order valence-corrected chi connectivity index (χ3v) is 6.21. The van der Waals surface area contributed by atoms with Gasteiger partial charge in [0.05, 0.1) is 6.54 Å². The molecule has 2 fully saturated rings. The van der Waals surface area contributed by atoms with Gasteiger partial charge in [0, 0.05) is 5.92 Å². The molecule has 1 aliphatic heterocycles. The molecule has 0 amide bonds. The Kier molecular flexibility index (Phi) is 9.22. The molecule has 1 aromatic carbocycles. The molecule has 1 unspecified atom stereocenters. The van der Waals surface area contributed by atoms with Gasteiger partial charge in [-0.15, -0.1) is 12.4 Å². The second-order valence-corrected chi connectivity index (χ2v) is 9.01. The van der Waals surface area contributed by atoms with Crippen molar-refractivity contribution < 1.29 is 14.6 Å². The van der Waals surface area contributed by atoms with Gasteiger partial charge in [0.25, 0.3) is 0 Å². The van der Waals surface area contributed by atoms with E-state index < -0.39 is 17.2 Å². The van der Waals surface area contributed by atoms with E-state index in [1.165, 1.54) is 19.3 Å². The summed E-state index contributed by atoms with van der Waals surface area (Å²) in [5.74, 6) is 5.61. The van der Waals surface area contributed by atoms with E-state index in [0.717, 1.165) is 45.2 Å². The monoisotopic (exact) mass is 433 g/mol. The minimum Gasteiger partial charge on any atom is -0.444 e. The highest BCUT2D eigenvalue weighted by atomic mass is 35.5. The highest BCUT2D eigenvalue weighted by Crippen LogP contribution is 2.41. The fourth-order valence-corrected chi connectivity index (χ4v) is 4.55. The van der Waals surface area contributed by atoms with E-state index in [1.807, 2.05) is 30.3 Å². The van der Waals surface area contributed by atoms with E-state index in [-0.39, 0.29) is 18.3 Å². The summed E-state index contributed by atoms with van der Waals surface area (Å²) in [6.07, 6.45) is 8.65. The van der Waals surface area contributed by atoms with Gasteiger partial charge in [-0.1, -0.05) is 67.9 Å². The Balaban J connectivity index is 0.00000320. The van der Waals surface area contributed by atoms with Crippen LogP contribution in [0.5, 0.6) is 0 Å². The summed E-state index contributed by atoms with van der Waals surface area (Å²) in [5.41, 5.74) is -1.94. The average Bonchev–Trinajstić information content (AvgIpc) is 2.74. The zero-order valence-corrected chi connectivity index (χ0v) is 19.2. The number of ether oxygens (including phenoxy) is 1. The van der Waals surface area contributed by atoms with Gasteiger partial charge < -0.3 is 9.84 Å². The first-order chi connectivity index (χ1) is 13.9. The lowest BCUT2D eigenvalue weighted by Gasteiger charge is -2.38. The van der Waals surface area contributed by atoms with Crippen LogP contribution in [-0.2, 0) is 15.1 Å². The SMILES string of the molecule is CC(C)(C#CCN1CCCCC1)OC(=O)C(O)(c1ccccc1)C1CCCCC1.Cl. The fraction of sp³-hybridized carbons (Fsp3) is 0.640. The van der Waals surface area contributed by atoms with Crippen LogP contribution >= 0.6 is 12.4 Å². The van der Waals surface area contributed by atoms with Crippen LogP contribution in [-0.4, -0.2) is 41.2 Å². The lowest BCUT2D eigenvalue weighted by atomic mass is 9.73. The molecule has 1 aliphatic carbocycles. The van der Waals surface area contributed by atoms with E-state index in [2.05, 4.69) is 16.7 Å². The van der Waals surface area contributed by atoms with Crippen molar-refractivity contribution >= 4 is 18.4 Å². The number of rotatable bonds is 5. The Morgan fingerprint density at radius 2 is 1.67 bits per heavy atom. The maximum atomic E-state index is 13.3. The second-order valence-electron chi connectivity index (χ2n) is 9.01. The van der Waals surface area contributed by atoms with Crippen molar-refractivity contribution in [1.82, 2.24) is 4.90 Å². The number of carbonyl (C=O) groups excluding carboxylic acids is 1. The topological polar surface area (TPSA) is 49.8 Å². The van der Waals surface area contributed by atoms with Gasteiger partial charge >= 0.3 is 5.97 Å². The molecule has 5 heteroatoms. The summed E-state index contributed by atoms with van der Waals surface area (Å²) in [7, 11) is 0. The lowest BCUT2D eigenvalue weighted by molar-refractivity contribution is -0.184. The summed E-state index contributed by atoms with van der Waals surface area (Å²) < 4.78 is 5.82. The zero-order valence-electron chi connectivity index (χ0n) is 18.4. The van der Waals surface area contributed by atoms with Gasteiger partial charge in [-0.3, -0.25) is 4.90 Å². The minimum absolute atomic E-state index is 0. The van der Waals surface area contributed by atoms with Crippen LogP contribution in [0.2, 0.25) is 0 Å². The molecule has 1 aromatic rings. The largest absolute Gasteiger partial charge is 0.444 e. The Morgan fingerprint density at radius 1 is 1.07 bits per heavy atom. The van der Waals surface area contributed by atoms with Crippen molar-refractivity contribution in [1.29, 1.82) is 0 Å². The lowest BCUT2D eigenvalue weighted by Crippen LogP contribution is -2.47. The predicted molar refractivity (Wildman–Crippen MR) is 122 cm³/mol. The second kappa shape index (κ2) is 11.2. The van der Waals surface area contributed by atoms with Gasteiger partial charge in [-0.25, -0.2) is 4.79 Å². The molecule has 3 rings (SSSR count). The summed E-state index contributed by atoms with van der Waals surface area (Å²) in [6, 6.07) is 9.27. The molecule has 30 heavy (non-hydrogen) atoms. The molecule has 1 saturated carbocycles. The number of benzene rings is 1. The van der Waals surface area contributed by atoms with Crippen molar-refractivity contribution in [3.8, 4) is 11.8 Å². The number of likely N-dealkylation sites (tertiary alicyclic amines) is 1. The van der Waals surface area contributed by atoms with E-state index >= 15 is 0 Å². The van der Waals surface area contributed by atoms with Crippen molar-refractivity contribution in [3.63, 3.8) is 0 Å². The van der Waals surface area contributed by atoms with Crippen LogP contribution in [0.1, 0.15) is 70.8 Å². The maximum absolute atomic E-state index is 13.3. The van der Waals surface area contributed by atoms with E-state index in [1.54, 1.807) is 13.8 Å². The molecular weight excluding hydrogens is 398 g/mol. The summed E-state index contributed by atoms with van der Waals surface area (Å²) >= 11 is 0. The highest BCUT2D eigenvalue weighted by Gasteiger charge is 2.48. The minimum atomic E-state index is -1.62. The van der Waals surface area contributed by atoms with Crippen molar-refractivity contribution in [3.05, 3.63) is 35.9 Å². The Bertz CT molecular complexity index is 728. The van der Waals surface area contributed by atoms with Crippen LogP contribution in [0.4, 0.5) is 0 Å². The Hall–Kier alpha value is -1.54. The quantitative estimate of drug-likeness (QED) is 0.540. The van der Waals surface area contributed by atoms with E-state index in [4.69, 9.17) is 4.74 Å². The molecule has 1 N–H and O–H groups in total. The standard InChI is InChI=1S/C25H35NO3.ClH/c1-24(2,17-12-20-26-18-10-5-11-19-26)29-23(27)25(28,21-13-6-3-7-14-21)22-15-8-4-9-16-22;/h3,6-7,13-14,22,28H,4-5,8-11,15-16,18-20H2,1-2H3;1H. The van der Waals surface area contributed by atoms with Crippen LogP contribution in [0.15, 0.2) is 30.3 Å². The van der Waals surface area contributed by atoms with Gasteiger partial charge in [0.15, 0.2) is 11.2 Å². The van der Waals surface area contributed by atoms with Crippen molar-refractivity contribution in [2.75, 3.05) is 19.6 Å². The maximum Gasteiger partial charge on any atom is 0.344 e. The van der Waals surface area contributed by atoms with Gasteiger partial charge in [0.2, 0.25) is 0 Å². The molecule has 0 aromatic heterocycles. The predicted octanol–water partition coefficient (Wildman–Crippen LogP) is 4.69. The molecule has 4 nitrogen and oxygen atoms in total. The van der Waals surface area contributed by atoms with Crippen molar-refractivity contribution in [2.45, 2.75) is 76.4 Å². The molecule has 2 aliphatic rings. The smallest absolute Gasteiger partial charge is 0.344 e. The number of nitrogens with zero attached hydrogens (tertiary/aromatic N) is 1. The van der Waals surface area contributed by atoms with Crippen LogP contribution in [0.25, 0.3) is 0 Å². The molecular formula is C25H36ClNO3. The Morgan fingerprint density at radius 3 is 2.30 bits per heavy atom. The van der Waals surface area contributed by atoms with E-state index in [9.17, 15) is 9.90 Å². The summed E-state index contributed by atoms with van der Waals surface area (Å²) in [4.78, 5) is 15.6. The summed E-state index contributed by atoms with van der Waals surface area (Å²) in [5, 5.41) is 11.6. The number of piperidine rings is 1. The first-order valence-electron chi connectivity index (χ1n) is 11.2. The first kappa shape index (κ1) is 24.7. The first-order valence-corrected chi connectivity index (χ1v) is 11.2. The molecule has 1 heterocycles. The van der Waals surface area contributed by atoms with Gasteiger partial charge in [0.1, 0.15) is 0 Å². The highest BCUT2D eigenvalue weighted by molar-refractivity contribution is 5.85. The van der Waals surface area contributed by atoms with Crippen LogP contribution in [0.3, 0.4) is 0 Å². The molecule has 0 bridgehead atoms. The number of halogens is 1. The van der Waals surface area contributed by atoms with Crippen molar-refractivity contribution in [2.24, 2.45) is 5.92 Å². The van der Waals surface area contributed by atoms with E-state index in [0.29, 0.717) is 12.1 Å².